The molecule has 23 heavy (non-hydrogen) atoms. The molecule has 1 aromatic heterocycles. The third-order valence-corrected chi connectivity index (χ3v) is 4.45. The van der Waals surface area contributed by atoms with E-state index in [2.05, 4.69) is 18.8 Å². The summed E-state index contributed by atoms with van der Waals surface area (Å²) in [5, 5.41) is 0. The van der Waals surface area contributed by atoms with Gasteiger partial charge in [-0.2, -0.15) is 0 Å². The van der Waals surface area contributed by atoms with Crippen LogP contribution in [0.15, 0.2) is 28.7 Å². The first-order chi connectivity index (χ1) is 10.9. The Morgan fingerprint density at radius 2 is 1.74 bits per heavy atom. The number of rotatable bonds is 2. The van der Waals surface area contributed by atoms with E-state index < -0.39 is 0 Å². The second kappa shape index (κ2) is 6.19. The summed E-state index contributed by atoms with van der Waals surface area (Å²) in [5.74, 6) is 2.17. The number of amides is 1. The SMILES string of the molecule is Cc1ccc(-c2nc(C(=O)N3CC(C)CC(C)C3)c(C)o2)cc1. The Morgan fingerprint density at radius 1 is 1.13 bits per heavy atom. The highest BCUT2D eigenvalue weighted by molar-refractivity contribution is 5.93. The number of nitrogens with zero attached hydrogens (tertiary/aromatic N) is 2. The van der Waals surface area contributed by atoms with Crippen LogP contribution in [-0.2, 0) is 0 Å². The fourth-order valence-corrected chi connectivity index (χ4v) is 3.39. The van der Waals surface area contributed by atoms with Crippen molar-refractivity contribution >= 4 is 5.91 Å². The first-order valence-corrected chi connectivity index (χ1v) is 8.27. The highest BCUT2D eigenvalue weighted by Gasteiger charge is 2.29. The summed E-state index contributed by atoms with van der Waals surface area (Å²) in [4.78, 5) is 19.2. The van der Waals surface area contributed by atoms with Crippen LogP contribution in [0.3, 0.4) is 0 Å². The quantitative estimate of drug-likeness (QED) is 0.839. The minimum absolute atomic E-state index is 0.0111. The smallest absolute Gasteiger partial charge is 0.276 e. The van der Waals surface area contributed by atoms with Crippen LogP contribution in [0.25, 0.3) is 11.5 Å². The minimum Gasteiger partial charge on any atom is -0.441 e. The number of likely N-dealkylation sites (tertiary alicyclic amines) is 1. The standard InChI is InChI=1S/C19H24N2O2/c1-12-5-7-16(8-6-12)18-20-17(15(4)23-18)19(22)21-10-13(2)9-14(3)11-21/h5-8,13-14H,9-11H2,1-4H3. The fourth-order valence-electron chi connectivity index (χ4n) is 3.39. The Labute approximate surface area is 137 Å². The van der Waals surface area contributed by atoms with Crippen LogP contribution in [-0.4, -0.2) is 28.9 Å². The van der Waals surface area contributed by atoms with Gasteiger partial charge in [0.1, 0.15) is 5.76 Å². The zero-order valence-corrected chi connectivity index (χ0v) is 14.3. The van der Waals surface area contributed by atoms with E-state index in [-0.39, 0.29) is 5.91 Å². The Balaban J connectivity index is 1.85. The lowest BCUT2D eigenvalue weighted by atomic mass is 9.92. The molecule has 0 bridgehead atoms. The first kappa shape index (κ1) is 15.8. The van der Waals surface area contributed by atoms with Crippen molar-refractivity contribution in [3.8, 4) is 11.5 Å². The van der Waals surface area contributed by atoms with Crippen molar-refractivity contribution in [3.05, 3.63) is 41.3 Å². The number of piperidine rings is 1. The van der Waals surface area contributed by atoms with Gasteiger partial charge >= 0.3 is 0 Å². The number of hydrogen-bond donors (Lipinski definition) is 0. The minimum atomic E-state index is -0.0111. The molecule has 1 aromatic carbocycles. The highest BCUT2D eigenvalue weighted by Crippen LogP contribution is 2.26. The molecular weight excluding hydrogens is 288 g/mol. The molecule has 0 spiro atoms. The molecule has 4 nitrogen and oxygen atoms in total. The third kappa shape index (κ3) is 3.31. The van der Waals surface area contributed by atoms with Crippen molar-refractivity contribution in [3.63, 3.8) is 0 Å². The topological polar surface area (TPSA) is 46.3 Å². The molecule has 4 heteroatoms. The molecule has 1 aliphatic heterocycles. The molecular formula is C19H24N2O2. The zero-order chi connectivity index (χ0) is 16.6. The predicted molar refractivity (Wildman–Crippen MR) is 90.3 cm³/mol. The fraction of sp³-hybridized carbons (Fsp3) is 0.474. The molecule has 2 heterocycles. The van der Waals surface area contributed by atoms with Gasteiger partial charge in [0.25, 0.3) is 5.91 Å². The molecule has 122 valence electrons. The average Bonchev–Trinajstić information content (AvgIpc) is 2.88. The Bertz CT molecular complexity index is 693. The van der Waals surface area contributed by atoms with Crippen molar-refractivity contribution in [2.75, 3.05) is 13.1 Å². The number of carbonyl (C=O) groups is 1. The largest absolute Gasteiger partial charge is 0.441 e. The maximum absolute atomic E-state index is 12.8. The summed E-state index contributed by atoms with van der Waals surface area (Å²) >= 11 is 0. The molecule has 3 rings (SSSR count). The van der Waals surface area contributed by atoms with Crippen molar-refractivity contribution in [2.45, 2.75) is 34.1 Å². The number of benzene rings is 1. The first-order valence-electron chi connectivity index (χ1n) is 8.27. The normalized spacial score (nSPS) is 21.5. The van der Waals surface area contributed by atoms with E-state index in [1.54, 1.807) is 0 Å². The summed E-state index contributed by atoms with van der Waals surface area (Å²) in [7, 11) is 0. The van der Waals surface area contributed by atoms with Crippen molar-refractivity contribution in [2.24, 2.45) is 11.8 Å². The molecule has 0 saturated carbocycles. The van der Waals surface area contributed by atoms with Gasteiger partial charge in [-0.3, -0.25) is 4.79 Å². The maximum Gasteiger partial charge on any atom is 0.276 e. The Morgan fingerprint density at radius 3 is 2.35 bits per heavy atom. The third-order valence-electron chi connectivity index (χ3n) is 4.45. The van der Waals surface area contributed by atoms with E-state index in [0.717, 1.165) is 18.7 Å². The van der Waals surface area contributed by atoms with Crippen LogP contribution < -0.4 is 0 Å². The van der Waals surface area contributed by atoms with E-state index in [0.29, 0.717) is 29.2 Å². The Hall–Kier alpha value is -2.10. The number of oxazole rings is 1. The number of carbonyl (C=O) groups excluding carboxylic acids is 1. The van der Waals surface area contributed by atoms with Crippen LogP contribution in [0.4, 0.5) is 0 Å². The van der Waals surface area contributed by atoms with Gasteiger partial charge in [0.05, 0.1) is 0 Å². The summed E-state index contributed by atoms with van der Waals surface area (Å²) in [5.41, 5.74) is 2.53. The summed E-state index contributed by atoms with van der Waals surface area (Å²) in [6, 6.07) is 7.98. The van der Waals surface area contributed by atoms with Crippen molar-refractivity contribution < 1.29 is 9.21 Å². The molecule has 0 N–H and O–H groups in total. The summed E-state index contributed by atoms with van der Waals surface area (Å²) in [6.07, 6.45) is 1.18. The number of hydrogen-bond acceptors (Lipinski definition) is 3. The Kier molecular flexibility index (Phi) is 4.24. The molecule has 1 saturated heterocycles. The van der Waals surface area contributed by atoms with E-state index in [9.17, 15) is 4.79 Å². The molecule has 2 atom stereocenters. The lowest BCUT2D eigenvalue weighted by Gasteiger charge is -2.34. The van der Waals surface area contributed by atoms with Gasteiger partial charge in [-0.25, -0.2) is 4.98 Å². The van der Waals surface area contributed by atoms with E-state index in [4.69, 9.17) is 4.42 Å². The monoisotopic (exact) mass is 312 g/mol. The zero-order valence-electron chi connectivity index (χ0n) is 14.3. The van der Waals surface area contributed by atoms with Crippen LogP contribution in [0.1, 0.15) is 42.1 Å². The van der Waals surface area contributed by atoms with Crippen LogP contribution >= 0.6 is 0 Å². The highest BCUT2D eigenvalue weighted by atomic mass is 16.4. The molecule has 2 unspecified atom stereocenters. The second-order valence-corrected chi connectivity index (χ2v) is 6.95. The van der Waals surface area contributed by atoms with Crippen molar-refractivity contribution in [1.82, 2.24) is 9.88 Å². The lowest BCUT2D eigenvalue weighted by Crippen LogP contribution is -2.42. The van der Waals surface area contributed by atoms with Gasteiger partial charge < -0.3 is 9.32 Å². The van der Waals surface area contributed by atoms with Gasteiger partial charge in [0.2, 0.25) is 5.89 Å². The van der Waals surface area contributed by atoms with Gasteiger partial charge in [0.15, 0.2) is 5.69 Å². The van der Waals surface area contributed by atoms with Crippen LogP contribution in [0.5, 0.6) is 0 Å². The predicted octanol–water partition coefficient (Wildman–Crippen LogP) is 4.08. The van der Waals surface area contributed by atoms with E-state index in [1.165, 1.54) is 12.0 Å². The van der Waals surface area contributed by atoms with E-state index >= 15 is 0 Å². The number of aromatic nitrogens is 1. The summed E-state index contributed by atoms with van der Waals surface area (Å²) in [6.45, 7) is 9.85. The second-order valence-electron chi connectivity index (χ2n) is 6.95. The molecule has 1 fully saturated rings. The molecule has 1 aliphatic rings. The summed E-state index contributed by atoms with van der Waals surface area (Å²) < 4.78 is 5.75. The van der Waals surface area contributed by atoms with Crippen molar-refractivity contribution in [1.29, 1.82) is 0 Å². The molecule has 0 aliphatic carbocycles. The average molecular weight is 312 g/mol. The molecule has 0 radical (unpaired) electrons. The van der Waals surface area contributed by atoms with E-state index in [1.807, 2.05) is 43.0 Å². The molecule has 1 amide bonds. The van der Waals surface area contributed by atoms with Crippen LogP contribution in [0.2, 0.25) is 0 Å². The van der Waals surface area contributed by atoms with Gasteiger partial charge in [-0.1, -0.05) is 31.5 Å². The maximum atomic E-state index is 12.8. The molecule has 2 aromatic rings. The lowest BCUT2D eigenvalue weighted by molar-refractivity contribution is 0.0616. The van der Waals surface area contributed by atoms with Crippen LogP contribution in [0, 0.1) is 25.7 Å². The van der Waals surface area contributed by atoms with Gasteiger partial charge in [-0.05, 0) is 44.2 Å². The number of aryl methyl sites for hydroxylation is 2. The van der Waals surface area contributed by atoms with Gasteiger partial charge in [-0.15, -0.1) is 0 Å². The van der Waals surface area contributed by atoms with Gasteiger partial charge in [0, 0.05) is 18.7 Å².